The fourth-order valence-corrected chi connectivity index (χ4v) is 2.65. The van der Waals surface area contributed by atoms with Crippen LogP contribution in [0.3, 0.4) is 0 Å². The van der Waals surface area contributed by atoms with E-state index in [0.717, 1.165) is 5.56 Å². The van der Waals surface area contributed by atoms with Gasteiger partial charge in [0, 0.05) is 37.1 Å². The number of ether oxygens (including phenoxy) is 3. The monoisotopic (exact) mass is 372 g/mol. The molecule has 0 saturated carbocycles. The standard InChI is InChI=1S/C20H24N2O5/c1-14(20(24)27-4)12-22(13-15-6-5-7-21-11-15)19(23)16-8-17(25-2)10-18(9-16)26-3/h5-11,14H,12-13H2,1-4H3. The number of carbonyl (C=O) groups excluding carboxylic acids is 2. The number of methoxy groups -OCH3 is 3. The molecule has 7 nitrogen and oxygen atoms in total. The maximum Gasteiger partial charge on any atom is 0.310 e. The average Bonchev–Trinajstić information content (AvgIpc) is 2.72. The van der Waals surface area contributed by atoms with Crippen molar-refractivity contribution in [2.75, 3.05) is 27.9 Å². The van der Waals surface area contributed by atoms with Gasteiger partial charge in [-0.1, -0.05) is 13.0 Å². The summed E-state index contributed by atoms with van der Waals surface area (Å²) in [7, 11) is 4.38. The topological polar surface area (TPSA) is 78.0 Å². The Bertz CT molecular complexity index is 757. The summed E-state index contributed by atoms with van der Waals surface area (Å²) in [5.74, 6) is -0.0581. The highest BCUT2D eigenvalue weighted by Crippen LogP contribution is 2.24. The zero-order chi connectivity index (χ0) is 19.8. The predicted octanol–water partition coefficient (Wildman–Crippen LogP) is 2.55. The van der Waals surface area contributed by atoms with Gasteiger partial charge >= 0.3 is 5.97 Å². The van der Waals surface area contributed by atoms with Crippen LogP contribution in [0.1, 0.15) is 22.8 Å². The second kappa shape index (κ2) is 9.56. The molecule has 2 aromatic rings. The van der Waals surface area contributed by atoms with Crippen LogP contribution in [-0.2, 0) is 16.1 Å². The maximum atomic E-state index is 13.2. The third-order valence-electron chi connectivity index (χ3n) is 4.08. The molecule has 0 bridgehead atoms. The van der Waals surface area contributed by atoms with Crippen LogP contribution >= 0.6 is 0 Å². The fraction of sp³-hybridized carbons (Fsp3) is 0.350. The summed E-state index contributed by atoms with van der Waals surface area (Å²) in [6.45, 7) is 2.25. The Hall–Kier alpha value is -3.09. The highest BCUT2D eigenvalue weighted by atomic mass is 16.5. The SMILES string of the molecule is COC(=O)C(C)CN(Cc1cccnc1)C(=O)c1cc(OC)cc(OC)c1. The number of nitrogens with zero attached hydrogens (tertiary/aromatic N) is 2. The van der Waals surface area contributed by atoms with Gasteiger partial charge in [0.15, 0.2) is 0 Å². The number of esters is 1. The van der Waals surface area contributed by atoms with E-state index in [9.17, 15) is 9.59 Å². The first-order chi connectivity index (χ1) is 13.0. The van der Waals surface area contributed by atoms with Crippen LogP contribution in [0.15, 0.2) is 42.7 Å². The summed E-state index contributed by atoms with van der Waals surface area (Å²) >= 11 is 0. The van der Waals surface area contributed by atoms with E-state index in [1.807, 2.05) is 6.07 Å². The summed E-state index contributed by atoms with van der Waals surface area (Å²) in [6, 6.07) is 8.66. The molecule has 0 aliphatic heterocycles. The molecule has 1 amide bonds. The van der Waals surface area contributed by atoms with Gasteiger partial charge in [0.25, 0.3) is 5.91 Å². The number of carbonyl (C=O) groups is 2. The molecule has 27 heavy (non-hydrogen) atoms. The molecular weight excluding hydrogens is 348 g/mol. The number of benzene rings is 1. The highest BCUT2D eigenvalue weighted by molar-refractivity contribution is 5.95. The Balaban J connectivity index is 2.33. The van der Waals surface area contributed by atoms with Gasteiger partial charge in [-0.2, -0.15) is 0 Å². The van der Waals surface area contributed by atoms with Gasteiger partial charge in [0.1, 0.15) is 11.5 Å². The molecule has 2 rings (SSSR count). The van der Waals surface area contributed by atoms with Gasteiger partial charge in [-0.05, 0) is 23.8 Å². The molecule has 1 aromatic heterocycles. The number of pyridine rings is 1. The lowest BCUT2D eigenvalue weighted by Crippen LogP contribution is -2.37. The minimum absolute atomic E-state index is 0.208. The van der Waals surface area contributed by atoms with E-state index in [4.69, 9.17) is 14.2 Å². The Morgan fingerprint density at radius 1 is 1.11 bits per heavy atom. The fourth-order valence-electron chi connectivity index (χ4n) is 2.65. The van der Waals surface area contributed by atoms with Crippen LogP contribution in [-0.4, -0.2) is 49.6 Å². The first-order valence-corrected chi connectivity index (χ1v) is 8.47. The zero-order valence-corrected chi connectivity index (χ0v) is 16.0. The average molecular weight is 372 g/mol. The van der Waals surface area contributed by atoms with E-state index < -0.39 is 5.92 Å². The molecule has 0 saturated heterocycles. The first kappa shape index (κ1) is 20.2. The van der Waals surface area contributed by atoms with Crippen molar-refractivity contribution in [2.24, 2.45) is 5.92 Å². The molecular formula is C20H24N2O5. The summed E-state index contributed by atoms with van der Waals surface area (Å²) < 4.78 is 15.3. The van der Waals surface area contributed by atoms with Crippen molar-refractivity contribution >= 4 is 11.9 Å². The third kappa shape index (κ3) is 5.44. The summed E-state index contributed by atoms with van der Waals surface area (Å²) in [4.78, 5) is 30.7. The van der Waals surface area contributed by atoms with Crippen LogP contribution < -0.4 is 9.47 Å². The molecule has 1 unspecified atom stereocenters. The molecule has 7 heteroatoms. The number of rotatable bonds is 8. The minimum Gasteiger partial charge on any atom is -0.497 e. The van der Waals surface area contributed by atoms with Gasteiger partial charge in [-0.3, -0.25) is 14.6 Å². The number of hydrogen-bond donors (Lipinski definition) is 0. The lowest BCUT2D eigenvalue weighted by atomic mass is 10.1. The normalized spacial score (nSPS) is 11.4. The van der Waals surface area contributed by atoms with Crippen molar-refractivity contribution in [3.63, 3.8) is 0 Å². The molecule has 0 aliphatic carbocycles. The largest absolute Gasteiger partial charge is 0.497 e. The molecule has 0 fully saturated rings. The van der Waals surface area contributed by atoms with Gasteiger partial charge < -0.3 is 19.1 Å². The van der Waals surface area contributed by atoms with Crippen molar-refractivity contribution in [3.05, 3.63) is 53.9 Å². The molecule has 144 valence electrons. The molecule has 0 aliphatic rings. The van der Waals surface area contributed by atoms with Gasteiger partial charge in [-0.25, -0.2) is 0 Å². The Morgan fingerprint density at radius 2 is 1.78 bits per heavy atom. The third-order valence-corrected chi connectivity index (χ3v) is 4.08. The molecule has 1 heterocycles. The van der Waals surface area contributed by atoms with Crippen LogP contribution in [0.4, 0.5) is 0 Å². The van der Waals surface area contributed by atoms with Crippen LogP contribution in [0.25, 0.3) is 0 Å². The van der Waals surface area contributed by atoms with E-state index in [2.05, 4.69) is 4.98 Å². The lowest BCUT2D eigenvalue weighted by Gasteiger charge is -2.25. The predicted molar refractivity (Wildman–Crippen MR) is 99.7 cm³/mol. The quantitative estimate of drug-likeness (QED) is 0.663. The Labute approximate surface area is 158 Å². The molecule has 0 spiro atoms. The van der Waals surface area contributed by atoms with E-state index in [0.29, 0.717) is 23.6 Å². The second-order valence-corrected chi connectivity index (χ2v) is 6.07. The van der Waals surface area contributed by atoms with Crippen LogP contribution in [0.5, 0.6) is 11.5 Å². The summed E-state index contributed by atoms with van der Waals surface area (Å²) in [5, 5.41) is 0. The number of hydrogen-bond acceptors (Lipinski definition) is 6. The van der Waals surface area contributed by atoms with E-state index in [-0.39, 0.29) is 18.4 Å². The molecule has 1 atom stereocenters. The van der Waals surface area contributed by atoms with E-state index in [1.54, 1.807) is 48.5 Å². The van der Waals surface area contributed by atoms with Crippen molar-refractivity contribution < 1.29 is 23.8 Å². The van der Waals surface area contributed by atoms with Gasteiger partial charge in [0.2, 0.25) is 0 Å². The van der Waals surface area contributed by atoms with Crippen LogP contribution in [0, 0.1) is 5.92 Å². The van der Waals surface area contributed by atoms with Crippen molar-refractivity contribution in [2.45, 2.75) is 13.5 Å². The van der Waals surface area contributed by atoms with Crippen molar-refractivity contribution in [1.29, 1.82) is 0 Å². The van der Waals surface area contributed by atoms with Gasteiger partial charge in [-0.15, -0.1) is 0 Å². The van der Waals surface area contributed by atoms with Crippen molar-refractivity contribution in [1.82, 2.24) is 9.88 Å². The van der Waals surface area contributed by atoms with Crippen molar-refractivity contribution in [3.8, 4) is 11.5 Å². The smallest absolute Gasteiger partial charge is 0.310 e. The molecule has 0 N–H and O–H groups in total. The van der Waals surface area contributed by atoms with Gasteiger partial charge in [0.05, 0.1) is 27.2 Å². The number of amides is 1. The molecule has 1 aromatic carbocycles. The summed E-state index contributed by atoms with van der Waals surface area (Å²) in [6.07, 6.45) is 3.36. The summed E-state index contributed by atoms with van der Waals surface area (Å²) in [5.41, 5.74) is 1.27. The highest BCUT2D eigenvalue weighted by Gasteiger charge is 2.24. The minimum atomic E-state index is -0.469. The van der Waals surface area contributed by atoms with E-state index in [1.165, 1.54) is 21.3 Å². The molecule has 0 radical (unpaired) electrons. The van der Waals surface area contributed by atoms with E-state index >= 15 is 0 Å². The Morgan fingerprint density at radius 3 is 2.30 bits per heavy atom. The maximum absolute atomic E-state index is 13.2. The second-order valence-electron chi connectivity index (χ2n) is 6.07. The number of aromatic nitrogens is 1. The Kier molecular flexibility index (Phi) is 7.16. The lowest BCUT2D eigenvalue weighted by molar-refractivity contribution is -0.145. The van der Waals surface area contributed by atoms with Crippen LogP contribution in [0.2, 0.25) is 0 Å². The first-order valence-electron chi connectivity index (χ1n) is 8.47. The zero-order valence-electron chi connectivity index (χ0n) is 16.0.